The zero-order valence-electron chi connectivity index (χ0n) is 12.4. The third-order valence-corrected chi connectivity index (χ3v) is 4.04. The molecule has 2 N–H and O–H groups in total. The zero-order valence-corrected chi connectivity index (χ0v) is 12.4. The van der Waals surface area contributed by atoms with Gasteiger partial charge in [-0.3, -0.25) is 4.90 Å². The molecule has 1 aliphatic rings. The Bertz CT molecular complexity index is 467. The maximum Gasteiger partial charge on any atom is 0.137 e. The minimum Gasteiger partial charge on any atom is -0.496 e. The van der Waals surface area contributed by atoms with Crippen molar-refractivity contribution >= 4 is 0 Å². The highest BCUT2D eigenvalue weighted by molar-refractivity contribution is 5.41. The van der Waals surface area contributed by atoms with E-state index >= 15 is 0 Å². The summed E-state index contributed by atoms with van der Waals surface area (Å²) >= 11 is 0. The van der Waals surface area contributed by atoms with Gasteiger partial charge >= 0.3 is 0 Å². The molecule has 0 amide bonds. The maximum absolute atomic E-state index is 14.7. The molecule has 0 spiro atoms. The van der Waals surface area contributed by atoms with Crippen LogP contribution in [0.15, 0.2) is 12.1 Å². The maximum atomic E-state index is 14.7. The Morgan fingerprint density at radius 3 is 2.70 bits per heavy atom. The van der Waals surface area contributed by atoms with E-state index in [0.29, 0.717) is 29.3 Å². The molecule has 1 fully saturated rings. The van der Waals surface area contributed by atoms with E-state index in [1.807, 2.05) is 13.1 Å². The first kappa shape index (κ1) is 15.2. The first-order chi connectivity index (χ1) is 9.62. The van der Waals surface area contributed by atoms with E-state index < -0.39 is 0 Å². The molecule has 112 valence electrons. The van der Waals surface area contributed by atoms with Crippen molar-refractivity contribution in [1.29, 1.82) is 0 Å². The van der Waals surface area contributed by atoms with Gasteiger partial charge in [-0.15, -0.1) is 0 Å². The van der Waals surface area contributed by atoms with Gasteiger partial charge < -0.3 is 15.2 Å². The highest BCUT2D eigenvalue weighted by Crippen LogP contribution is 2.40. The SMILES string of the molecule is COCc1ccc(OC)c(C2CC(CN)CN2C)c1F. The molecule has 0 bridgehead atoms. The summed E-state index contributed by atoms with van der Waals surface area (Å²) < 4.78 is 25.2. The molecule has 2 atom stereocenters. The van der Waals surface area contributed by atoms with Gasteiger partial charge in [0, 0.05) is 30.8 Å². The summed E-state index contributed by atoms with van der Waals surface area (Å²) in [6.45, 7) is 1.78. The van der Waals surface area contributed by atoms with Crippen LogP contribution in [-0.2, 0) is 11.3 Å². The van der Waals surface area contributed by atoms with Crippen LogP contribution in [0, 0.1) is 11.7 Å². The van der Waals surface area contributed by atoms with E-state index in [0.717, 1.165) is 13.0 Å². The second-order valence-electron chi connectivity index (χ2n) is 5.38. The van der Waals surface area contributed by atoms with Crippen LogP contribution in [0.5, 0.6) is 5.75 Å². The van der Waals surface area contributed by atoms with Crippen LogP contribution in [0.3, 0.4) is 0 Å². The summed E-state index contributed by atoms with van der Waals surface area (Å²) in [5.74, 6) is 0.776. The van der Waals surface area contributed by atoms with Gasteiger partial charge in [0.05, 0.1) is 13.7 Å². The molecule has 0 radical (unpaired) electrons. The lowest BCUT2D eigenvalue weighted by molar-refractivity contribution is 0.180. The summed E-state index contributed by atoms with van der Waals surface area (Å²) in [6.07, 6.45) is 0.858. The average molecular weight is 282 g/mol. The minimum absolute atomic E-state index is 0.00954. The van der Waals surface area contributed by atoms with Crippen molar-refractivity contribution in [3.63, 3.8) is 0 Å². The summed E-state index contributed by atoms with van der Waals surface area (Å²) in [6, 6.07) is 3.54. The van der Waals surface area contributed by atoms with Gasteiger partial charge in [0.1, 0.15) is 11.6 Å². The van der Waals surface area contributed by atoms with Crippen LogP contribution in [-0.4, -0.2) is 39.3 Å². The van der Waals surface area contributed by atoms with Gasteiger partial charge in [0.25, 0.3) is 0 Å². The molecule has 4 nitrogen and oxygen atoms in total. The molecule has 1 heterocycles. The van der Waals surface area contributed by atoms with Gasteiger partial charge in [-0.05, 0) is 32.0 Å². The Morgan fingerprint density at radius 2 is 2.15 bits per heavy atom. The summed E-state index contributed by atoms with van der Waals surface area (Å²) in [7, 11) is 5.14. The summed E-state index contributed by atoms with van der Waals surface area (Å²) in [5, 5.41) is 0. The fraction of sp³-hybridized carbons (Fsp3) is 0.600. The number of likely N-dealkylation sites (tertiary alicyclic amines) is 1. The fourth-order valence-corrected chi connectivity index (χ4v) is 2.99. The van der Waals surface area contributed by atoms with Crippen LogP contribution in [0.2, 0.25) is 0 Å². The Balaban J connectivity index is 2.40. The first-order valence-electron chi connectivity index (χ1n) is 6.86. The van der Waals surface area contributed by atoms with Crippen molar-refractivity contribution in [1.82, 2.24) is 4.90 Å². The number of benzene rings is 1. The van der Waals surface area contributed by atoms with E-state index in [2.05, 4.69) is 4.90 Å². The molecule has 2 rings (SSSR count). The Kier molecular flexibility index (Phi) is 4.96. The second kappa shape index (κ2) is 6.52. The molecule has 1 aromatic carbocycles. The number of nitrogens with two attached hydrogens (primary N) is 1. The van der Waals surface area contributed by atoms with Gasteiger partial charge in [0.2, 0.25) is 0 Å². The van der Waals surface area contributed by atoms with E-state index in [9.17, 15) is 4.39 Å². The summed E-state index contributed by atoms with van der Waals surface area (Å²) in [4.78, 5) is 2.15. The quantitative estimate of drug-likeness (QED) is 0.896. The van der Waals surface area contributed by atoms with Crippen LogP contribution in [0.25, 0.3) is 0 Å². The van der Waals surface area contributed by atoms with Gasteiger partial charge in [-0.1, -0.05) is 6.07 Å². The number of nitrogens with zero attached hydrogens (tertiary/aromatic N) is 1. The van der Waals surface area contributed by atoms with E-state index in [1.165, 1.54) is 0 Å². The number of hydrogen-bond acceptors (Lipinski definition) is 4. The number of hydrogen-bond donors (Lipinski definition) is 1. The van der Waals surface area contributed by atoms with Gasteiger partial charge in [-0.25, -0.2) is 4.39 Å². The second-order valence-corrected chi connectivity index (χ2v) is 5.38. The molecule has 0 aromatic heterocycles. The van der Waals surface area contributed by atoms with E-state index in [4.69, 9.17) is 15.2 Å². The molecule has 20 heavy (non-hydrogen) atoms. The lowest BCUT2D eigenvalue weighted by Crippen LogP contribution is -2.21. The van der Waals surface area contributed by atoms with Crippen molar-refractivity contribution in [3.8, 4) is 5.75 Å². The molecule has 5 heteroatoms. The molecule has 1 aromatic rings. The zero-order chi connectivity index (χ0) is 14.7. The standard InChI is InChI=1S/C15H23FN2O2/c1-18-8-10(7-17)6-12(18)14-13(20-3)5-4-11(9-19-2)15(14)16/h4-5,10,12H,6-9,17H2,1-3H3. The Morgan fingerprint density at radius 1 is 1.40 bits per heavy atom. The molecular weight excluding hydrogens is 259 g/mol. The predicted molar refractivity (Wildman–Crippen MR) is 76.2 cm³/mol. The van der Waals surface area contributed by atoms with E-state index in [-0.39, 0.29) is 18.5 Å². The number of rotatable bonds is 5. The minimum atomic E-state index is -0.222. The van der Waals surface area contributed by atoms with E-state index in [1.54, 1.807) is 20.3 Å². The topological polar surface area (TPSA) is 47.7 Å². The summed E-state index contributed by atoms with van der Waals surface area (Å²) in [5.41, 5.74) is 6.94. The van der Waals surface area contributed by atoms with Crippen molar-refractivity contribution in [2.75, 3.05) is 34.4 Å². The fourth-order valence-electron chi connectivity index (χ4n) is 2.99. The molecule has 0 saturated carbocycles. The average Bonchev–Trinajstić information content (AvgIpc) is 2.82. The number of methoxy groups -OCH3 is 2. The molecule has 1 saturated heterocycles. The van der Waals surface area contributed by atoms with Crippen molar-refractivity contribution < 1.29 is 13.9 Å². The monoisotopic (exact) mass is 282 g/mol. The van der Waals surface area contributed by atoms with Crippen molar-refractivity contribution in [3.05, 3.63) is 29.1 Å². The molecular formula is C15H23FN2O2. The van der Waals surface area contributed by atoms with Gasteiger partial charge in [0.15, 0.2) is 0 Å². The molecule has 2 unspecified atom stereocenters. The predicted octanol–water partition coefficient (Wildman–Crippen LogP) is 1.93. The smallest absolute Gasteiger partial charge is 0.137 e. The third kappa shape index (κ3) is 2.80. The van der Waals surface area contributed by atoms with Crippen molar-refractivity contribution in [2.24, 2.45) is 11.7 Å². The highest BCUT2D eigenvalue weighted by atomic mass is 19.1. The Hall–Kier alpha value is -1.17. The Labute approximate surface area is 119 Å². The molecule has 0 aliphatic carbocycles. The third-order valence-electron chi connectivity index (χ3n) is 4.04. The highest BCUT2D eigenvalue weighted by Gasteiger charge is 2.34. The number of ether oxygens (including phenoxy) is 2. The lowest BCUT2D eigenvalue weighted by Gasteiger charge is -2.23. The molecule has 1 aliphatic heterocycles. The lowest BCUT2D eigenvalue weighted by atomic mass is 9.96. The normalized spacial score (nSPS) is 23.2. The number of halogens is 1. The van der Waals surface area contributed by atoms with Crippen LogP contribution < -0.4 is 10.5 Å². The first-order valence-corrected chi connectivity index (χ1v) is 6.86. The van der Waals surface area contributed by atoms with Crippen LogP contribution in [0.4, 0.5) is 4.39 Å². The van der Waals surface area contributed by atoms with Crippen LogP contribution >= 0.6 is 0 Å². The van der Waals surface area contributed by atoms with Crippen LogP contribution in [0.1, 0.15) is 23.6 Å². The van der Waals surface area contributed by atoms with Crippen molar-refractivity contribution in [2.45, 2.75) is 19.1 Å². The van der Waals surface area contributed by atoms with Gasteiger partial charge in [-0.2, -0.15) is 0 Å². The largest absolute Gasteiger partial charge is 0.496 e.